The molecule has 1 N–H and O–H groups in total. The van der Waals surface area contributed by atoms with Crippen LogP contribution in [0.2, 0.25) is 0 Å². The van der Waals surface area contributed by atoms with Crippen LogP contribution in [-0.2, 0) is 19.4 Å². The molecule has 0 saturated heterocycles. The first-order valence-electron chi connectivity index (χ1n) is 6.47. The van der Waals surface area contributed by atoms with E-state index in [4.69, 9.17) is 0 Å². The maximum absolute atomic E-state index is 4.58. The second-order valence-corrected chi connectivity index (χ2v) is 4.41. The van der Waals surface area contributed by atoms with E-state index in [-0.39, 0.29) is 0 Å². The van der Waals surface area contributed by atoms with Gasteiger partial charge in [-0.25, -0.2) is 0 Å². The molecule has 0 aliphatic carbocycles. The molecule has 1 heterocycles. The fourth-order valence-electron chi connectivity index (χ4n) is 1.95. The van der Waals surface area contributed by atoms with Crippen molar-refractivity contribution in [1.82, 2.24) is 15.1 Å². The van der Waals surface area contributed by atoms with Gasteiger partial charge in [0.1, 0.15) is 0 Å². The zero-order chi connectivity index (χ0) is 12.0. The van der Waals surface area contributed by atoms with Crippen molar-refractivity contribution in [2.75, 3.05) is 13.1 Å². The predicted molar refractivity (Wildman–Crippen MR) is 68.7 cm³/mol. The fraction of sp³-hybridized carbons (Fsp3) is 0.769. The predicted octanol–water partition coefficient (Wildman–Crippen LogP) is 2.25. The van der Waals surface area contributed by atoms with Crippen molar-refractivity contribution in [1.29, 1.82) is 0 Å². The molecule has 3 heteroatoms. The molecule has 0 aliphatic rings. The molecule has 1 aromatic rings. The van der Waals surface area contributed by atoms with Gasteiger partial charge < -0.3 is 5.32 Å². The van der Waals surface area contributed by atoms with Crippen molar-refractivity contribution in [3.05, 3.63) is 17.5 Å². The van der Waals surface area contributed by atoms with Gasteiger partial charge in [-0.15, -0.1) is 0 Å². The molecule has 0 fully saturated rings. The number of nitrogens with one attached hydrogen (secondary N) is 1. The molecule has 1 unspecified atom stereocenters. The van der Waals surface area contributed by atoms with Crippen LogP contribution < -0.4 is 5.32 Å². The molecule has 92 valence electrons. The Morgan fingerprint density at radius 2 is 2.12 bits per heavy atom. The van der Waals surface area contributed by atoms with Gasteiger partial charge in [-0.2, -0.15) is 5.10 Å². The number of rotatable bonds is 7. The zero-order valence-electron chi connectivity index (χ0n) is 11.1. The maximum atomic E-state index is 4.58. The molecule has 0 amide bonds. The van der Waals surface area contributed by atoms with Gasteiger partial charge in [-0.1, -0.05) is 20.8 Å². The molecule has 0 aliphatic heterocycles. The largest absolute Gasteiger partial charge is 0.317 e. The number of nitrogens with zero attached hydrogens (tertiary/aromatic N) is 2. The Labute approximate surface area is 99.2 Å². The highest BCUT2D eigenvalue weighted by molar-refractivity contribution is 5.11. The molecule has 16 heavy (non-hydrogen) atoms. The molecule has 1 aromatic heterocycles. The normalized spacial score (nSPS) is 13.0. The average Bonchev–Trinajstić information content (AvgIpc) is 2.68. The van der Waals surface area contributed by atoms with Crippen LogP contribution in [0.15, 0.2) is 6.07 Å². The van der Waals surface area contributed by atoms with E-state index in [1.807, 2.05) is 0 Å². The lowest BCUT2D eigenvalue weighted by molar-refractivity contribution is 0.494. The van der Waals surface area contributed by atoms with Crippen LogP contribution in [-0.4, -0.2) is 22.9 Å². The lowest BCUT2D eigenvalue weighted by atomic mass is 10.1. The van der Waals surface area contributed by atoms with Gasteiger partial charge in [0.15, 0.2) is 0 Å². The standard InChI is InChI=1S/C13H25N3/c1-5-12-9-13(16(7-3)15-12)8-11(4)10-14-6-2/h9,11,14H,5-8,10H2,1-4H3. The summed E-state index contributed by atoms with van der Waals surface area (Å²) in [5.41, 5.74) is 2.59. The molecule has 3 nitrogen and oxygen atoms in total. The Morgan fingerprint density at radius 3 is 2.69 bits per heavy atom. The van der Waals surface area contributed by atoms with Crippen LogP contribution in [0.25, 0.3) is 0 Å². The van der Waals surface area contributed by atoms with E-state index >= 15 is 0 Å². The first-order valence-corrected chi connectivity index (χ1v) is 6.47. The fourth-order valence-corrected chi connectivity index (χ4v) is 1.95. The highest BCUT2D eigenvalue weighted by atomic mass is 15.3. The molecule has 0 saturated carbocycles. The van der Waals surface area contributed by atoms with Crippen LogP contribution in [0, 0.1) is 5.92 Å². The Kier molecular flexibility index (Phi) is 5.53. The van der Waals surface area contributed by atoms with Crippen molar-refractivity contribution < 1.29 is 0 Å². The second-order valence-electron chi connectivity index (χ2n) is 4.41. The molecular weight excluding hydrogens is 198 g/mol. The third-order valence-electron chi connectivity index (χ3n) is 2.88. The van der Waals surface area contributed by atoms with Gasteiger partial charge in [-0.3, -0.25) is 4.68 Å². The van der Waals surface area contributed by atoms with E-state index in [2.05, 4.69) is 48.9 Å². The number of aryl methyl sites for hydroxylation is 2. The van der Waals surface area contributed by atoms with Gasteiger partial charge in [0, 0.05) is 12.2 Å². The molecule has 0 bridgehead atoms. The Morgan fingerprint density at radius 1 is 1.38 bits per heavy atom. The van der Waals surface area contributed by atoms with E-state index in [1.165, 1.54) is 11.4 Å². The molecule has 0 radical (unpaired) electrons. The van der Waals surface area contributed by atoms with Crippen LogP contribution in [0.4, 0.5) is 0 Å². The Balaban J connectivity index is 2.60. The van der Waals surface area contributed by atoms with Gasteiger partial charge in [0.2, 0.25) is 0 Å². The quantitative estimate of drug-likeness (QED) is 0.768. The van der Waals surface area contributed by atoms with Gasteiger partial charge in [0.05, 0.1) is 5.69 Å². The van der Waals surface area contributed by atoms with Crippen molar-refractivity contribution in [2.24, 2.45) is 5.92 Å². The summed E-state index contributed by atoms with van der Waals surface area (Å²) in [5.74, 6) is 0.673. The first kappa shape index (κ1) is 13.2. The van der Waals surface area contributed by atoms with Crippen molar-refractivity contribution >= 4 is 0 Å². The third-order valence-corrected chi connectivity index (χ3v) is 2.88. The summed E-state index contributed by atoms with van der Waals surface area (Å²) in [6, 6.07) is 2.26. The number of hydrogen-bond donors (Lipinski definition) is 1. The van der Waals surface area contributed by atoms with Gasteiger partial charge >= 0.3 is 0 Å². The lowest BCUT2D eigenvalue weighted by Gasteiger charge is -2.12. The summed E-state index contributed by atoms with van der Waals surface area (Å²) in [5, 5.41) is 7.97. The van der Waals surface area contributed by atoms with Crippen molar-refractivity contribution in [3.63, 3.8) is 0 Å². The van der Waals surface area contributed by atoms with E-state index in [0.717, 1.165) is 32.5 Å². The van der Waals surface area contributed by atoms with Crippen LogP contribution >= 0.6 is 0 Å². The molecule has 0 aromatic carbocycles. The van der Waals surface area contributed by atoms with E-state index < -0.39 is 0 Å². The summed E-state index contributed by atoms with van der Waals surface area (Å²) in [6.45, 7) is 11.9. The van der Waals surface area contributed by atoms with Crippen LogP contribution in [0.3, 0.4) is 0 Å². The van der Waals surface area contributed by atoms with E-state index in [9.17, 15) is 0 Å². The molecule has 0 spiro atoms. The lowest BCUT2D eigenvalue weighted by Crippen LogP contribution is -2.22. The summed E-state index contributed by atoms with van der Waals surface area (Å²) >= 11 is 0. The van der Waals surface area contributed by atoms with Gasteiger partial charge in [0.25, 0.3) is 0 Å². The summed E-state index contributed by atoms with van der Waals surface area (Å²) < 4.78 is 2.14. The minimum atomic E-state index is 0.673. The van der Waals surface area contributed by atoms with E-state index in [0.29, 0.717) is 5.92 Å². The Hall–Kier alpha value is -0.830. The maximum Gasteiger partial charge on any atom is 0.0624 e. The third kappa shape index (κ3) is 3.63. The summed E-state index contributed by atoms with van der Waals surface area (Å²) in [6.07, 6.45) is 2.15. The number of aromatic nitrogens is 2. The summed E-state index contributed by atoms with van der Waals surface area (Å²) in [7, 11) is 0. The van der Waals surface area contributed by atoms with Crippen molar-refractivity contribution in [3.8, 4) is 0 Å². The highest BCUT2D eigenvalue weighted by Gasteiger charge is 2.09. The van der Waals surface area contributed by atoms with Crippen molar-refractivity contribution in [2.45, 2.75) is 47.1 Å². The number of hydrogen-bond acceptors (Lipinski definition) is 2. The first-order chi connectivity index (χ1) is 7.71. The average molecular weight is 223 g/mol. The molecule has 1 atom stereocenters. The minimum absolute atomic E-state index is 0.673. The molecule has 1 rings (SSSR count). The van der Waals surface area contributed by atoms with E-state index in [1.54, 1.807) is 0 Å². The SMILES string of the molecule is CCNCC(C)Cc1cc(CC)nn1CC. The summed E-state index contributed by atoms with van der Waals surface area (Å²) in [4.78, 5) is 0. The minimum Gasteiger partial charge on any atom is -0.317 e. The van der Waals surface area contributed by atoms with Crippen LogP contribution in [0.5, 0.6) is 0 Å². The smallest absolute Gasteiger partial charge is 0.0624 e. The van der Waals surface area contributed by atoms with Crippen LogP contribution in [0.1, 0.15) is 39.1 Å². The second kappa shape index (κ2) is 6.69. The molecular formula is C13H25N3. The zero-order valence-corrected chi connectivity index (χ0v) is 11.1. The van der Waals surface area contributed by atoms with Gasteiger partial charge in [-0.05, 0) is 44.8 Å². The Bertz CT molecular complexity index is 304. The monoisotopic (exact) mass is 223 g/mol. The topological polar surface area (TPSA) is 29.9 Å². The highest BCUT2D eigenvalue weighted by Crippen LogP contribution is 2.11.